The Morgan fingerprint density at radius 3 is 2.71 bits per heavy atom. The Kier molecular flexibility index (Phi) is 3.69. The van der Waals surface area contributed by atoms with E-state index in [1.807, 2.05) is 0 Å². The van der Waals surface area contributed by atoms with Crippen LogP contribution in [0.3, 0.4) is 0 Å². The summed E-state index contributed by atoms with van der Waals surface area (Å²) in [5.74, 6) is -0.789. The van der Waals surface area contributed by atoms with E-state index in [0.717, 1.165) is 6.07 Å². The SMILES string of the molecule is N#CCc1nc(I)c(F)cc1C(F)F. The highest BCUT2D eigenvalue weighted by molar-refractivity contribution is 14.1. The number of nitriles is 1. The van der Waals surface area contributed by atoms with E-state index >= 15 is 0 Å². The molecule has 0 saturated heterocycles. The van der Waals surface area contributed by atoms with Crippen LogP contribution in [-0.4, -0.2) is 4.98 Å². The molecule has 0 aliphatic rings. The van der Waals surface area contributed by atoms with E-state index in [2.05, 4.69) is 4.98 Å². The van der Waals surface area contributed by atoms with Crippen molar-refractivity contribution >= 4 is 22.6 Å². The van der Waals surface area contributed by atoms with E-state index in [-0.39, 0.29) is 15.8 Å². The van der Waals surface area contributed by atoms with Gasteiger partial charge in [-0.15, -0.1) is 0 Å². The highest BCUT2D eigenvalue weighted by Gasteiger charge is 2.17. The molecular weight excluding hydrogens is 308 g/mol. The van der Waals surface area contributed by atoms with Crippen molar-refractivity contribution in [3.63, 3.8) is 0 Å². The summed E-state index contributed by atoms with van der Waals surface area (Å²) in [6, 6.07) is 2.43. The Bertz CT molecular complexity index is 387. The van der Waals surface area contributed by atoms with Gasteiger partial charge in [-0.25, -0.2) is 18.2 Å². The molecular formula is C8H4F3IN2. The fourth-order valence-corrected chi connectivity index (χ4v) is 1.37. The van der Waals surface area contributed by atoms with Crippen LogP contribution in [-0.2, 0) is 6.42 Å². The first-order chi connectivity index (χ1) is 6.56. The molecule has 0 N–H and O–H groups in total. The third-order valence-electron chi connectivity index (χ3n) is 1.53. The number of aromatic nitrogens is 1. The summed E-state index contributed by atoms with van der Waals surface area (Å²) in [6.07, 6.45) is -3.05. The van der Waals surface area contributed by atoms with Crippen LogP contribution in [0.2, 0.25) is 0 Å². The van der Waals surface area contributed by atoms with Crippen molar-refractivity contribution in [1.82, 2.24) is 4.98 Å². The molecule has 0 saturated carbocycles. The van der Waals surface area contributed by atoms with Gasteiger partial charge in [0, 0.05) is 5.56 Å². The summed E-state index contributed by atoms with van der Waals surface area (Å²) in [5.41, 5.74) is -0.572. The third-order valence-corrected chi connectivity index (χ3v) is 2.28. The third kappa shape index (κ3) is 2.35. The van der Waals surface area contributed by atoms with Crippen LogP contribution in [0.25, 0.3) is 0 Å². The average Bonchev–Trinajstić information content (AvgIpc) is 2.11. The molecule has 1 rings (SSSR count). The number of rotatable bonds is 2. The number of nitrogens with zero attached hydrogens (tertiary/aromatic N) is 2. The first-order valence-corrected chi connectivity index (χ1v) is 4.64. The molecule has 74 valence electrons. The van der Waals surface area contributed by atoms with E-state index in [4.69, 9.17) is 5.26 Å². The Labute approximate surface area is 91.9 Å². The standard InChI is InChI=1S/C8H4F3IN2/c9-5-3-4(7(10)11)6(1-2-13)14-8(5)12/h3,7H,1H2. The van der Waals surface area contributed by atoms with Crippen molar-refractivity contribution in [1.29, 1.82) is 5.26 Å². The van der Waals surface area contributed by atoms with Gasteiger partial charge in [0.1, 0.15) is 3.70 Å². The van der Waals surface area contributed by atoms with Gasteiger partial charge >= 0.3 is 0 Å². The van der Waals surface area contributed by atoms with Crippen LogP contribution < -0.4 is 0 Å². The summed E-state index contributed by atoms with van der Waals surface area (Å²) < 4.78 is 37.6. The maximum atomic E-state index is 12.9. The van der Waals surface area contributed by atoms with Crippen molar-refractivity contribution in [2.75, 3.05) is 0 Å². The Morgan fingerprint density at radius 1 is 1.57 bits per heavy atom. The molecule has 1 heterocycles. The maximum absolute atomic E-state index is 12.9. The van der Waals surface area contributed by atoms with Gasteiger partial charge in [-0.05, 0) is 28.7 Å². The lowest BCUT2D eigenvalue weighted by Gasteiger charge is -2.05. The summed E-state index contributed by atoms with van der Waals surface area (Å²) in [7, 11) is 0. The second-order valence-corrected chi connectivity index (χ2v) is 3.45. The van der Waals surface area contributed by atoms with Gasteiger partial charge in [-0.2, -0.15) is 5.26 Å². The minimum atomic E-state index is -2.81. The second kappa shape index (κ2) is 4.59. The number of hydrogen-bond acceptors (Lipinski definition) is 2. The number of halogens is 4. The summed E-state index contributed by atoms with van der Waals surface area (Å²) in [5, 5.41) is 8.36. The summed E-state index contributed by atoms with van der Waals surface area (Å²) in [6.45, 7) is 0. The van der Waals surface area contributed by atoms with Crippen LogP contribution in [0.4, 0.5) is 13.2 Å². The van der Waals surface area contributed by atoms with E-state index in [1.165, 1.54) is 0 Å². The van der Waals surface area contributed by atoms with Crippen LogP contribution in [0.1, 0.15) is 17.7 Å². The number of alkyl halides is 2. The van der Waals surface area contributed by atoms with E-state index < -0.39 is 17.8 Å². The quantitative estimate of drug-likeness (QED) is 0.622. The molecule has 0 spiro atoms. The molecule has 0 aromatic carbocycles. The van der Waals surface area contributed by atoms with Gasteiger partial charge in [0.25, 0.3) is 6.43 Å². The Hall–Kier alpha value is -0.840. The lowest BCUT2D eigenvalue weighted by atomic mass is 10.1. The Balaban J connectivity index is 3.25. The van der Waals surface area contributed by atoms with Crippen molar-refractivity contribution < 1.29 is 13.2 Å². The maximum Gasteiger partial charge on any atom is 0.265 e. The fourth-order valence-electron chi connectivity index (χ4n) is 0.921. The topological polar surface area (TPSA) is 36.7 Å². The monoisotopic (exact) mass is 312 g/mol. The number of hydrogen-bond donors (Lipinski definition) is 0. The van der Waals surface area contributed by atoms with Gasteiger partial charge in [0.15, 0.2) is 5.82 Å². The summed E-state index contributed by atoms with van der Waals surface area (Å²) >= 11 is 1.59. The highest BCUT2D eigenvalue weighted by atomic mass is 127. The molecule has 0 bridgehead atoms. The molecule has 0 aliphatic heterocycles. The molecule has 0 radical (unpaired) electrons. The van der Waals surface area contributed by atoms with Crippen LogP contribution in [0, 0.1) is 20.8 Å². The van der Waals surface area contributed by atoms with Gasteiger partial charge in [0.05, 0.1) is 18.2 Å². The lowest BCUT2D eigenvalue weighted by molar-refractivity contribution is 0.149. The highest BCUT2D eigenvalue weighted by Crippen LogP contribution is 2.24. The van der Waals surface area contributed by atoms with Crippen LogP contribution in [0.15, 0.2) is 6.07 Å². The number of pyridine rings is 1. The molecule has 2 nitrogen and oxygen atoms in total. The van der Waals surface area contributed by atoms with Crippen LogP contribution >= 0.6 is 22.6 Å². The smallest absolute Gasteiger partial charge is 0.242 e. The normalized spacial score (nSPS) is 10.3. The minimum absolute atomic E-state index is 0.00255. The second-order valence-electron chi connectivity index (χ2n) is 2.43. The predicted octanol–water partition coefficient (Wildman–Crippen LogP) is 2.83. The van der Waals surface area contributed by atoms with E-state index in [0.29, 0.717) is 0 Å². The molecule has 0 amide bonds. The van der Waals surface area contributed by atoms with E-state index in [1.54, 1.807) is 28.7 Å². The predicted molar refractivity (Wildman–Crippen MR) is 51.2 cm³/mol. The van der Waals surface area contributed by atoms with Crippen molar-refractivity contribution in [3.8, 4) is 6.07 Å². The van der Waals surface area contributed by atoms with Gasteiger partial charge in [-0.3, -0.25) is 0 Å². The molecule has 0 aliphatic carbocycles. The molecule has 0 atom stereocenters. The van der Waals surface area contributed by atoms with Gasteiger partial charge in [-0.1, -0.05) is 0 Å². The largest absolute Gasteiger partial charge is 0.265 e. The molecule has 0 fully saturated rings. The molecule has 6 heteroatoms. The zero-order valence-corrected chi connectivity index (χ0v) is 8.93. The van der Waals surface area contributed by atoms with Crippen LogP contribution in [0.5, 0.6) is 0 Å². The van der Waals surface area contributed by atoms with Crippen molar-refractivity contribution in [3.05, 3.63) is 26.8 Å². The molecule has 1 aromatic heterocycles. The molecule has 14 heavy (non-hydrogen) atoms. The zero-order valence-electron chi connectivity index (χ0n) is 6.77. The molecule has 1 aromatic rings. The minimum Gasteiger partial charge on any atom is -0.242 e. The fraction of sp³-hybridized carbons (Fsp3) is 0.250. The van der Waals surface area contributed by atoms with E-state index in [9.17, 15) is 13.2 Å². The first kappa shape index (κ1) is 11.2. The average molecular weight is 312 g/mol. The van der Waals surface area contributed by atoms with Gasteiger partial charge in [0.2, 0.25) is 0 Å². The molecule has 0 unspecified atom stereocenters. The lowest BCUT2D eigenvalue weighted by Crippen LogP contribution is -2.02. The first-order valence-electron chi connectivity index (χ1n) is 3.56. The Morgan fingerprint density at radius 2 is 2.21 bits per heavy atom. The zero-order chi connectivity index (χ0) is 10.7. The van der Waals surface area contributed by atoms with Gasteiger partial charge < -0.3 is 0 Å². The van der Waals surface area contributed by atoms with Crippen molar-refractivity contribution in [2.45, 2.75) is 12.8 Å². The van der Waals surface area contributed by atoms with Crippen molar-refractivity contribution in [2.24, 2.45) is 0 Å². The summed E-state index contributed by atoms with van der Waals surface area (Å²) in [4.78, 5) is 3.59.